The smallest absolute Gasteiger partial charge is 0.163 e. The molecule has 0 unspecified atom stereocenters. The number of thiophene rings is 1. The zero-order valence-electron chi connectivity index (χ0n) is 9.12. The molecule has 0 aliphatic carbocycles. The molecule has 0 fully saturated rings. The summed E-state index contributed by atoms with van der Waals surface area (Å²) in [7, 11) is 0. The third-order valence-corrected chi connectivity index (χ3v) is 4.78. The molecule has 2 heterocycles. The molecule has 3 aromatic rings. The largest absolute Gasteiger partial charge is 0.228 e. The highest BCUT2D eigenvalue weighted by Crippen LogP contribution is 2.38. The number of hydrogen-bond acceptors (Lipinski definition) is 3. The fourth-order valence-electron chi connectivity index (χ4n) is 1.68. The van der Waals surface area contributed by atoms with Gasteiger partial charge in [0.2, 0.25) is 0 Å². The topological polar surface area (TPSA) is 25.8 Å². The molecular formula is C12H4BrCl3N2S. The molecule has 7 heteroatoms. The van der Waals surface area contributed by atoms with E-state index in [0.717, 1.165) is 15.4 Å². The van der Waals surface area contributed by atoms with Gasteiger partial charge in [0, 0.05) is 9.86 Å². The Balaban J connectivity index is 2.26. The number of nitrogens with zero attached hydrogens (tertiary/aromatic N) is 2. The normalized spacial score (nSPS) is 11.2. The van der Waals surface area contributed by atoms with E-state index >= 15 is 0 Å². The fourth-order valence-corrected chi connectivity index (χ4v) is 3.72. The van der Waals surface area contributed by atoms with Crippen molar-refractivity contribution in [2.75, 3.05) is 0 Å². The highest BCUT2D eigenvalue weighted by atomic mass is 79.9. The van der Waals surface area contributed by atoms with Gasteiger partial charge in [0.15, 0.2) is 5.82 Å². The van der Waals surface area contributed by atoms with E-state index in [1.165, 1.54) is 11.3 Å². The zero-order valence-corrected chi connectivity index (χ0v) is 13.8. The summed E-state index contributed by atoms with van der Waals surface area (Å²) in [6.45, 7) is 0. The molecule has 0 saturated carbocycles. The summed E-state index contributed by atoms with van der Waals surface area (Å²) in [6.07, 6.45) is 0. The minimum atomic E-state index is 0.389. The second kappa shape index (κ2) is 5.19. The van der Waals surface area contributed by atoms with E-state index in [-0.39, 0.29) is 0 Å². The van der Waals surface area contributed by atoms with Gasteiger partial charge in [-0.05, 0) is 24.3 Å². The van der Waals surface area contributed by atoms with Gasteiger partial charge in [0.1, 0.15) is 9.49 Å². The highest BCUT2D eigenvalue weighted by Gasteiger charge is 2.14. The first kappa shape index (κ1) is 13.6. The lowest BCUT2D eigenvalue weighted by molar-refractivity contribution is 1.23. The van der Waals surface area contributed by atoms with Crippen LogP contribution >= 0.6 is 62.1 Å². The second-order valence-corrected chi connectivity index (χ2v) is 7.30. The lowest BCUT2D eigenvalue weighted by Crippen LogP contribution is -1.91. The molecule has 0 saturated heterocycles. The summed E-state index contributed by atoms with van der Waals surface area (Å²) in [4.78, 5) is 8.75. The van der Waals surface area contributed by atoms with Crippen molar-refractivity contribution in [1.82, 2.24) is 9.97 Å². The van der Waals surface area contributed by atoms with Crippen molar-refractivity contribution < 1.29 is 0 Å². The molecular weight excluding hydrogens is 390 g/mol. The van der Waals surface area contributed by atoms with E-state index in [4.69, 9.17) is 34.8 Å². The Hall–Kier alpha value is -0.390. The molecule has 0 spiro atoms. The van der Waals surface area contributed by atoms with E-state index in [2.05, 4.69) is 25.9 Å². The van der Waals surface area contributed by atoms with Crippen LogP contribution in [0.25, 0.3) is 22.3 Å². The summed E-state index contributed by atoms with van der Waals surface area (Å²) >= 11 is 22.9. The van der Waals surface area contributed by atoms with Gasteiger partial charge in [-0.2, -0.15) is 0 Å². The maximum atomic E-state index is 6.20. The monoisotopic (exact) mass is 392 g/mol. The molecule has 96 valence electrons. The van der Waals surface area contributed by atoms with Crippen molar-refractivity contribution in [2.24, 2.45) is 0 Å². The summed E-state index contributed by atoms with van der Waals surface area (Å²) in [6, 6.07) is 7.39. The van der Waals surface area contributed by atoms with Crippen LogP contribution in [0, 0.1) is 0 Å². The van der Waals surface area contributed by atoms with Crippen molar-refractivity contribution in [3.05, 3.63) is 42.6 Å². The van der Waals surface area contributed by atoms with Gasteiger partial charge in [-0.3, -0.25) is 0 Å². The molecule has 0 bridgehead atoms. The third-order valence-electron chi connectivity index (χ3n) is 2.51. The van der Waals surface area contributed by atoms with E-state index in [9.17, 15) is 0 Å². The fraction of sp³-hybridized carbons (Fsp3) is 0. The Labute approximate surface area is 136 Å². The van der Waals surface area contributed by atoms with Crippen molar-refractivity contribution in [2.45, 2.75) is 0 Å². The summed E-state index contributed by atoms with van der Waals surface area (Å²) in [5.41, 5.74) is 1.46. The predicted octanol–water partition coefficient (Wildman–Crippen LogP) is 6.08. The number of aromatic nitrogens is 2. The van der Waals surface area contributed by atoms with Gasteiger partial charge in [-0.1, -0.05) is 50.7 Å². The Kier molecular flexibility index (Phi) is 3.71. The SMILES string of the molecule is Clc1cc(-c2nc(Cl)c3cc(Br)ccc3n2)c(Cl)s1. The molecule has 0 atom stereocenters. The zero-order chi connectivity index (χ0) is 13.6. The average Bonchev–Trinajstić information content (AvgIpc) is 2.69. The van der Waals surface area contributed by atoms with E-state index in [1.807, 2.05) is 18.2 Å². The Bertz CT molecular complexity index is 788. The molecule has 3 rings (SSSR count). The first-order valence-electron chi connectivity index (χ1n) is 5.12. The van der Waals surface area contributed by atoms with Crippen molar-refractivity contribution in [1.29, 1.82) is 0 Å². The Morgan fingerprint density at radius 2 is 1.84 bits per heavy atom. The van der Waals surface area contributed by atoms with E-state index < -0.39 is 0 Å². The maximum Gasteiger partial charge on any atom is 0.163 e. The molecule has 19 heavy (non-hydrogen) atoms. The molecule has 1 aromatic carbocycles. The lowest BCUT2D eigenvalue weighted by Gasteiger charge is -2.04. The van der Waals surface area contributed by atoms with Gasteiger partial charge in [0.25, 0.3) is 0 Å². The molecule has 2 nitrogen and oxygen atoms in total. The average molecular weight is 395 g/mol. The molecule has 0 amide bonds. The van der Waals surface area contributed by atoms with Crippen molar-refractivity contribution >= 4 is 73.0 Å². The van der Waals surface area contributed by atoms with Crippen molar-refractivity contribution in [3.63, 3.8) is 0 Å². The quantitative estimate of drug-likeness (QED) is 0.467. The number of benzene rings is 1. The van der Waals surface area contributed by atoms with Gasteiger partial charge in [-0.15, -0.1) is 11.3 Å². The Morgan fingerprint density at radius 1 is 1.05 bits per heavy atom. The molecule has 0 aliphatic rings. The van der Waals surface area contributed by atoms with Gasteiger partial charge < -0.3 is 0 Å². The van der Waals surface area contributed by atoms with Gasteiger partial charge in [0.05, 0.1) is 15.4 Å². The van der Waals surface area contributed by atoms with Crippen LogP contribution in [0.3, 0.4) is 0 Å². The molecule has 0 N–H and O–H groups in total. The minimum Gasteiger partial charge on any atom is -0.228 e. The second-order valence-electron chi connectivity index (χ2n) is 3.74. The minimum absolute atomic E-state index is 0.389. The Morgan fingerprint density at radius 3 is 2.53 bits per heavy atom. The first-order chi connectivity index (χ1) is 9.04. The highest BCUT2D eigenvalue weighted by molar-refractivity contribution is 9.10. The molecule has 0 radical (unpaired) electrons. The number of rotatable bonds is 1. The summed E-state index contributed by atoms with van der Waals surface area (Å²) in [5, 5.41) is 1.18. The standard InChI is InChI=1S/C12H4BrCl3N2S/c13-5-1-2-8-6(3-5)10(15)18-12(17-8)7-4-9(14)19-11(7)16/h1-4H. The summed E-state index contributed by atoms with van der Waals surface area (Å²) in [5.74, 6) is 0.480. The number of hydrogen-bond donors (Lipinski definition) is 0. The van der Waals surface area contributed by atoms with Crippen LogP contribution in [0.5, 0.6) is 0 Å². The maximum absolute atomic E-state index is 6.20. The van der Waals surface area contributed by atoms with Crippen LogP contribution in [0.1, 0.15) is 0 Å². The van der Waals surface area contributed by atoms with Crippen LogP contribution < -0.4 is 0 Å². The van der Waals surface area contributed by atoms with Crippen molar-refractivity contribution in [3.8, 4) is 11.4 Å². The number of fused-ring (bicyclic) bond motifs is 1. The summed E-state index contributed by atoms with van der Waals surface area (Å²) < 4.78 is 2.07. The van der Waals surface area contributed by atoms with Crippen LogP contribution in [0.15, 0.2) is 28.7 Å². The van der Waals surface area contributed by atoms with Gasteiger partial charge in [-0.25, -0.2) is 9.97 Å². The van der Waals surface area contributed by atoms with Crippen LogP contribution in [-0.4, -0.2) is 9.97 Å². The van der Waals surface area contributed by atoms with Crippen LogP contribution in [0.2, 0.25) is 13.8 Å². The van der Waals surface area contributed by atoms with E-state index in [1.54, 1.807) is 6.07 Å². The van der Waals surface area contributed by atoms with Crippen LogP contribution in [-0.2, 0) is 0 Å². The lowest BCUT2D eigenvalue weighted by atomic mass is 10.2. The third kappa shape index (κ3) is 2.60. The predicted molar refractivity (Wildman–Crippen MR) is 85.6 cm³/mol. The van der Waals surface area contributed by atoms with Gasteiger partial charge >= 0.3 is 0 Å². The number of halogens is 4. The van der Waals surface area contributed by atoms with E-state index in [0.29, 0.717) is 25.2 Å². The first-order valence-corrected chi connectivity index (χ1v) is 7.87. The molecule has 2 aromatic heterocycles. The van der Waals surface area contributed by atoms with Crippen LogP contribution in [0.4, 0.5) is 0 Å². The molecule has 0 aliphatic heterocycles.